The van der Waals surface area contributed by atoms with Gasteiger partial charge in [0.05, 0.1) is 6.54 Å². The van der Waals surface area contributed by atoms with Gasteiger partial charge in [0, 0.05) is 22.8 Å². The zero-order chi connectivity index (χ0) is 18.1. The first-order valence-corrected chi connectivity index (χ1v) is 9.10. The van der Waals surface area contributed by atoms with Crippen molar-refractivity contribution >= 4 is 29.3 Å². The monoisotopic (exact) mass is 357 g/mol. The van der Waals surface area contributed by atoms with E-state index in [1.54, 1.807) is 11.8 Å². The zero-order valence-electron chi connectivity index (χ0n) is 14.5. The lowest BCUT2D eigenvalue weighted by Crippen LogP contribution is -2.44. The second-order valence-electron chi connectivity index (χ2n) is 5.68. The summed E-state index contributed by atoms with van der Waals surface area (Å²) in [6.07, 6.45) is 0.338. The van der Waals surface area contributed by atoms with Crippen molar-refractivity contribution in [1.82, 2.24) is 10.9 Å². The minimum absolute atomic E-state index is 0.100. The number of nitrogens with one attached hydrogen (secondary N) is 3. The molecule has 0 atom stereocenters. The number of carbonyl (C=O) groups excluding carboxylic acids is 2. The highest BCUT2D eigenvalue weighted by Gasteiger charge is 2.06. The third kappa shape index (κ3) is 6.89. The van der Waals surface area contributed by atoms with Crippen LogP contribution in [-0.4, -0.2) is 24.1 Å². The highest BCUT2D eigenvalue weighted by Crippen LogP contribution is 2.17. The molecule has 3 N–H and O–H groups in total. The van der Waals surface area contributed by atoms with Gasteiger partial charge in [0.1, 0.15) is 0 Å². The number of anilines is 1. The fourth-order valence-electron chi connectivity index (χ4n) is 2.21. The summed E-state index contributed by atoms with van der Waals surface area (Å²) >= 11 is 1.61. The average molecular weight is 357 g/mol. The van der Waals surface area contributed by atoms with E-state index in [-0.39, 0.29) is 18.4 Å². The van der Waals surface area contributed by atoms with Crippen LogP contribution in [0, 0.1) is 13.8 Å². The minimum Gasteiger partial charge on any atom is -0.376 e. The van der Waals surface area contributed by atoms with Gasteiger partial charge in [-0.3, -0.25) is 20.4 Å². The molecule has 0 aliphatic heterocycles. The second kappa shape index (κ2) is 9.74. The van der Waals surface area contributed by atoms with Gasteiger partial charge in [-0.2, -0.15) is 0 Å². The number of aryl methyl sites for hydroxylation is 2. The Morgan fingerprint density at radius 2 is 1.68 bits per heavy atom. The van der Waals surface area contributed by atoms with Gasteiger partial charge in [-0.25, -0.2) is 0 Å². The third-order valence-corrected chi connectivity index (χ3v) is 4.52. The molecule has 6 heteroatoms. The first-order valence-electron chi connectivity index (χ1n) is 8.11. The Kier molecular flexibility index (Phi) is 7.35. The second-order valence-corrected chi connectivity index (χ2v) is 6.85. The van der Waals surface area contributed by atoms with E-state index < -0.39 is 0 Å². The summed E-state index contributed by atoms with van der Waals surface area (Å²) in [6.45, 7) is 4.11. The molecule has 0 aliphatic carbocycles. The molecule has 2 aromatic carbocycles. The number of hydrogen-bond acceptors (Lipinski definition) is 4. The van der Waals surface area contributed by atoms with E-state index in [0.717, 1.165) is 16.1 Å². The van der Waals surface area contributed by atoms with Gasteiger partial charge >= 0.3 is 0 Å². The van der Waals surface area contributed by atoms with E-state index in [1.807, 2.05) is 62.4 Å². The van der Waals surface area contributed by atoms with Crippen molar-refractivity contribution in [3.8, 4) is 0 Å². The Bertz CT molecular complexity index is 720. The molecule has 0 spiro atoms. The van der Waals surface area contributed by atoms with Crippen molar-refractivity contribution < 1.29 is 9.59 Å². The normalized spacial score (nSPS) is 10.2. The molecule has 25 heavy (non-hydrogen) atoms. The van der Waals surface area contributed by atoms with Crippen LogP contribution in [-0.2, 0) is 9.59 Å². The lowest BCUT2D eigenvalue weighted by Gasteiger charge is -2.11. The van der Waals surface area contributed by atoms with E-state index in [0.29, 0.717) is 12.2 Å². The summed E-state index contributed by atoms with van der Waals surface area (Å²) in [4.78, 5) is 24.7. The maximum absolute atomic E-state index is 11.8. The molecular weight excluding hydrogens is 334 g/mol. The highest BCUT2D eigenvalue weighted by atomic mass is 32.2. The maximum Gasteiger partial charge on any atom is 0.257 e. The van der Waals surface area contributed by atoms with E-state index in [2.05, 4.69) is 16.2 Å². The first-order chi connectivity index (χ1) is 12.0. The number of amides is 2. The molecule has 0 bridgehead atoms. The fourth-order valence-corrected chi connectivity index (χ4v) is 3.08. The van der Waals surface area contributed by atoms with E-state index in [9.17, 15) is 9.59 Å². The number of hydrogen-bond donors (Lipinski definition) is 3. The minimum atomic E-state index is -0.288. The largest absolute Gasteiger partial charge is 0.376 e. The molecule has 0 heterocycles. The van der Waals surface area contributed by atoms with Crippen LogP contribution in [0.3, 0.4) is 0 Å². The van der Waals surface area contributed by atoms with Crippen molar-refractivity contribution in [1.29, 1.82) is 0 Å². The van der Waals surface area contributed by atoms with E-state index in [4.69, 9.17) is 0 Å². The van der Waals surface area contributed by atoms with Gasteiger partial charge in [-0.1, -0.05) is 35.9 Å². The topological polar surface area (TPSA) is 70.2 Å². The lowest BCUT2D eigenvalue weighted by molar-refractivity contribution is -0.127. The molecule has 2 rings (SSSR count). The molecule has 0 radical (unpaired) electrons. The Hall–Kier alpha value is -2.47. The van der Waals surface area contributed by atoms with Gasteiger partial charge in [0.2, 0.25) is 5.91 Å². The zero-order valence-corrected chi connectivity index (χ0v) is 15.3. The number of carbonyl (C=O) groups is 2. The summed E-state index contributed by atoms with van der Waals surface area (Å²) in [7, 11) is 0. The van der Waals surface area contributed by atoms with Crippen LogP contribution in [0.1, 0.15) is 17.5 Å². The van der Waals surface area contributed by atoms with Crippen molar-refractivity contribution in [2.24, 2.45) is 0 Å². The third-order valence-electron chi connectivity index (χ3n) is 3.50. The van der Waals surface area contributed by atoms with Crippen molar-refractivity contribution in [3.63, 3.8) is 0 Å². The SMILES string of the molecule is Cc1ccc(NCC(=O)NNC(=O)CCSc2ccccc2)c(C)c1. The standard InChI is InChI=1S/C19H23N3O2S/c1-14-8-9-17(15(2)12-14)20-13-19(24)22-21-18(23)10-11-25-16-6-4-3-5-7-16/h3-9,12,20H,10-11,13H2,1-2H3,(H,21,23)(H,22,24). The van der Waals surface area contributed by atoms with E-state index in [1.165, 1.54) is 5.56 Å². The molecule has 0 unspecified atom stereocenters. The maximum atomic E-state index is 11.8. The number of benzene rings is 2. The Balaban J connectivity index is 1.63. The molecule has 0 aromatic heterocycles. The molecule has 0 fully saturated rings. The molecule has 2 amide bonds. The highest BCUT2D eigenvalue weighted by molar-refractivity contribution is 7.99. The summed E-state index contributed by atoms with van der Waals surface area (Å²) in [5.41, 5.74) is 8.02. The van der Waals surface area contributed by atoms with Crippen molar-refractivity contribution in [2.45, 2.75) is 25.2 Å². The number of rotatable bonds is 7. The summed E-state index contributed by atoms with van der Waals surface area (Å²) in [5, 5.41) is 3.06. The van der Waals surface area contributed by atoms with Crippen LogP contribution in [0.4, 0.5) is 5.69 Å². The smallest absolute Gasteiger partial charge is 0.257 e. The molecule has 0 saturated carbocycles. The molecular formula is C19H23N3O2S. The van der Waals surface area contributed by atoms with Gasteiger partial charge in [-0.05, 0) is 37.6 Å². The fraction of sp³-hybridized carbons (Fsp3) is 0.263. The van der Waals surface area contributed by atoms with Gasteiger partial charge < -0.3 is 5.32 Å². The van der Waals surface area contributed by atoms with Crippen molar-refractivity contribution in [3.05, 3.63) is 59.7 Å². The summed E-state index contributed by atoms with van der Waals surface area (Å²) < 4.78 is 0. The van der Waals surface area contributed by atoms with Crippen molar-refractivity contribution in [2.75, 3.05) is 17.6 Å². The number of hydrazine groups is 1. The van der Waals surface area contributed by atoms with Gasteiger partial charge in [0.25, 0.3) is 5.91 Å². The molecule has 2 aromatic rings. The number of thioether (sulfide) groups is 1. The predicted molar refractivity (Wildman–Crippen MR) is 102 cm³/mol. The average Bonchev–Trinajstić information content (AvgIpc) is 2.60. The summed E-state index contributed by atoms with van der Waals surface area (Å²) in [6, 6.07) is 15.9. The lowest BCUT2D eigenvalue weighted by atomic mass is 10.1. The molecule has 0 saturated heterocycles. The molecule has 132 valence electrons. The Morgan fingerprint density at radius 1 is 0.960 bits per heavy atom. The van der Waals surface area contributed by atoms with Crippen LogP contribution < -0.4 is 16.2 Å². The van der Waals surface area contributed by atoms with Crippen LogP contribution >= 0.6 is 11.8 Å². The van der Waals surface area contributed by atoms with Crippen LogP contribution in [0.5, 0.6) is 0 Å². The molecule has 0 aliphatic rings. The van der Waals surface area contributed by atoms with Crippen LogP contribution in [0.2, 0.25) is 0 Å². The predicted octanol–water partition coefficient (Wildman–Crippen LogP) is 3.05. The van der Waals surface area contributed by atoms with Gasteiger partial charge in [-0.15, -0.1) is 11.8 Å². The Morgan fingerprint density at radius 3 is 2.40 bits per heavy atom. The first kappa shape index (κ1) is 18.9. The van der Waals surface area contributed by atoms with E-state index >= 15 is 0 Å². The Labute approximate surface area is 152 Å². The quantitative estimate of drug-likeness (QED) is 0.526. The van der Waals surface area contributed by atoms with Gasteiger partial charge in [0.15, 0.2) is 0 Å². The van der Waals surface area contributed by atoms with Crippen LogP contribution in [0.15, 0.2) is 53.4 Å². The van der Waals surface area contributed by atoms with Crippen LogP contribution in [0.25, 0.3) is 0 Å². The molecule has 5 nitrogen and oxygen atoms in total. The summed E-state index contributed by atoms with van der Waals surface area (Å²) in [5.74, 6) is 0.166.